The van der Waals surface area contributed by atoms with Gasteiger partial charge >= 0.3 is 6.09 Å². The molecule has 0 aromatic carbocycles. The number of amides is 1. The normalized spacial score (nSPS) is 22.9. The minimum absolute atomic E-state index is 0.0845. The van der Waals surface area contributed by atoms with E-state index in [4.69, 9.17) is 4.74 Å². The molecule has 4 heteroatoms. The number of likely N-dealkylation sites (tertiary alicyclic amines) is 1. The van der Waals surface area contributed by atoms with Crippen molar-refractivity contribution in [3.8, 4) is 0 Å². The zero-order chi connectivity index (χ0) is 12.3. The Labute approximate surface area is 96.9 Å². The van der Waals surface area contributed by atoms with Crippen LogP contribution < -0.4 is 0 Å². The molecule has 92 valence electrons. The minimum atomic E-state index is -0.508. The van der Waals surface area contributed by atoms with Crippen molar-refractivity contribution in [3.05, 3.63) is 0 Å². The summed E-state index contributed by atoms with van der Waals surface area (Å²) < 4.78 is 5.29. The summed E-state index contributed by atoms with van der Waals surface area (Å²) in [4.78, 5) is 24.9. The molecule has 0 spiro atoms. The molecule has 0 N–H and O–H groups in total. The van der Waals surface area contributed by atoms with Crippen molar-refractivity contribution in [2.75, 3.05) is 6.54 Å². The van der Waals surface area contributed by atoms with Crippen LogP contribution in [0, 0.1) is 0 Å². The van der Waals surface area contributed by atoms with Gasteiger partial charge in [-0.1, -0.05) is 0 Å². The smallest absolute Gasteiger partial charge is 0.410 e. The van der Waals surface area contributed by atoms with Gasteiger partial charge < -0.3 is 4.74 Å². The number of rotatable bonds is 0. The molecule has 0 aliphatic carbocycles. The Morgan fingerprint density at radius 1 is 1.44 bits per heavy atom. The fourth-order valence-electron chi connectivity index (χ4n) is 1.74. The van der Waals surface area contributed by atoms with E-state index in [-0.39, 0.29) is 24.5 Å². The standard InChI is InChI=1S/C12H21NO3/c1-9-6-5-7-10(14)8-13(9)11(15)16-12(2,3)4/h9H,5-8H2,1-4H3. The van der Waals surface area contributed by atoms with Crippen molar-refractivity contribution in [3.63, 3.8) is 0 Å². The number of carbonyl (C=O) groups is 2. The summed E-state index contributed by atoms with van der Waals surface area (Å²) >= 11 is 0. The Hall–Kier alpha value is -1.06. The van der Waals surface area contributed by atoms with Crippen molar-refractivity contribution >= 4 is 11.9 Å². The molecular weight excluding hydrogens is 206 g/mol. The highest BCUT2D eigenvalue weighted by Crippen LogP contribution is 2.18. The topological polar surface area (TPSA) is 46.6 Å². The fourth-order valence-corrected chi connectivity index (χ4v) is 1.74. The van der Waals surface area contributed by atoms with Crippen LogP contribution in [-0.2, 0) is 9.53 Å². The maximum Gasteiger partial charge on any atom is 0.410 e. The third kappa shape index (κ3) is 3.83. The van der Waals surface area contributed by atoms with E-state index in [2.05, 4.69) is 0 Å². The summed E-state index contributed by atoms with van der Waals surface area (Å²) in [6.45, 7) is 7.64. The number of ether oxygens (including phenoxy) is 1. The van der Waals surface area contributed by atoms with E-state index in [0.29, 0.717) is 6.42 Å². The molecule has 0 radical (unpaired) electrons. The Bertz CT molecular complexity index is 280. The predicted octanol–water partition coefficient (Wildman–Crippen LogP) is 2.37. The van der Waals surface area contributed by atoms with Gasteiger partial charge in [0.15, 0.2) is 5.78 Å². The van der Waals surface area contributed by atoms with Crippen LogP contribution in [0.25, 0.3) is 0 Å². The van der Waals surface area contributed by atoms with E-state index < -0.39 is 5.60 Å². The zero-order valence-electron chi connectivity index (χ0n) is 10.6. The molecule has 1 saturated heterocycles. The SMILES string of the molecule is CC1CCCC(=O)CN1C(=O)OC(C)(C)C. The van der Waals surface area contributed by atoms with Gasteiger partial charge in [-0.15, -0.1) is 0 Å². The lowest BCUT2D eigenvalue weighted by atomic mass is 10.1. The quantitative estimate of drug-likeness (QED) is 0.638. The molecule has 1 amide bonds. The van der Waals surface area contributed by atoms with E-state index in [1.165, 1.54) is 0 Å². The van der Waals surface area contributed by atoms with E-state index in [1.807, 2.05) is 27.7 Å². The predicted molar refractivity (Wildman–Crippen MR) is 61.3 cm³/mol. The van der Waals surface area contributed by atoms with Gasteiger partial charge in [0.1, 0.15) is 5.60 Å². The average molecular weight is 227 g/mol. The van der Waals surface area contributed by atoms with E-state index in [9.17, 15) is 9.59 Å². The van der Waals surface area contributed by atoms with Crippen molar-refractivity contribution in [1.82, 2.24) is 4.90 Å². The summed E-state index contributed by atoms with van der Waals surface area (Å²) in [6, 6.07) is 0.0845. The molecule has 1 unspecified atom stereocenters. The van der Waals surface area contributed by atoms with Crippen LogP contribution in [0.5, 0.6) is 0 Å². The first kappa shape index (κ1) is 13.0. The summed E-state index contributed by atoms with van der Waals surface area (Å²) in [5.41, 5.74) is -0.508. The molecule has 1 aliphatic heterocycles. The molecule has 1 aliphatic rings. The van der Waals surface area contributed by atoms with Gasteiger partial charge in [0.25, 0.3) is 0 Å². The monoisotopic (exact) mass is 227 g/mol. The lowest BCUT2D eigenvalue weighted by Crippen LogP contribution is -2.43. The Morgan fingerprint density at radius 2 is 2.06 bits per heavy atom. The third-order valence-electron chi connectivity index (χ3n) is 2.58. The Morgan fingerprint density at radius 3 is 2.62 bits per heavy atom. The lowest BCUT2D eigenvalue weighted by Gasteiger charge is -2.29. The molecule has 0 aromatic heterocycles. The highest BCUT2D eigenvalue weighted by molar-refractivity contribution is 5.84. The number of hydrogen-bond donors (Lipinski definition) is 0. The summed E-state index contributed by atoms with van der Waals surface area (Å²) in [5.74, 6) is 0.121. The maximum absolute atomic E-state index is 11.9. The summed E-state index contributed by atoms with van der Waals surface area (Å²) in [5, 5.41) is 0. The van der Waals surface area contributed by atoms with Crippen LogP contribution >= 0.6 is 0 Å². The fraction of sp³-hybridized carbons (Fsp3) is 0.833. The van der Waals surface area contributed by atoms with Crippen molar-refractivity contribution in [2.45, 2.75) is 58.6 Å². The van der Waals surface area contributed by atoms with Crippen LogP contribution in [-0.4, -0.2) is 35.0 Å². The van der Waals surface area contributed by atoms with Gasteiger partial charge in [-0.2, -0.15) is 0 Å². The van der Waals surface area contributed by atoms with Gasteiger partial charge in [-0.3, -0.25) is 9.69 Å². The largest absolute Gasteiger partial charge is 0.444 e. The van der Waals surface area contributed by atoms with Gasteiger partial charge in [0.2, 0.25) is 0 Å². The molecular formula is C12H21NO3. The highest BCUT2D eigenvalue weighted by Gasteiger charge is 2.29. The van der Waals surface area contributed by atoms with E-state index in [1.54, 1.807) is 4.90 Å². The first-order valence-corrected chi connectivity index (χ1v) is 5.81. The van der Waals surface area contributed by atoms with Crippen molar-refractivity contribution in [1.29, 1.82) is 0 Å². The highest BCUT2D eigenvalue weighted by atomic mass is 16.6. The van der Waals surface area contributed by atoms with Crippen LogP contribution in [0.4, 0.5) is 4.79 Å². The number of carbonyl (C=O) groups excluding carboxylic acids is 2. The first-order chi connectivity index (χ1) is 7.29. The van der Waals surface area contributed by atoms with Crippen molar-refractivity contribution < 1.29 is 14.3 Å². The molecule has 1 fully saturated rings. The Kier molecular flexibility index (Phi) is 3.94. The minimum Gasteiger partial charge on any atom is -0.444 e. The summed E-state index contributed by atoms with van der Waals surface area (Å²) in [6.07, 6.45) is 1.92. The summed E-state index contributed by atoms with van der Waals surface area (Å²) in [7, 11) is 0. The third-order valence-corrected chi connectivity index (χ3v) is 2.58. The second-order valence-corrected chi connectivity index (χ2v) is 5.39. The van der Waals surface area contributed by atoms with Gasteiger partial charge in [-0.25, -0.2) is 4.79 Å². The number of Topliss-reactive ketones (excluding diaryl/α,β-unsaturated/α-hetero) is 1. The lowest BCUT2D eigenvalue weighted by molar-refractivity contribution is -0.119. The molecule has 1 rings (SSSR count). The van der Waals surface area contributed by atoms with Crippen molar-refractivity contribution in [2.24, 2.45) is 0 Å². The Balaban J connectivity index is 2.68. The molecule has 4 nitrogen and oxygen atoms in total. The van der Waals surface area contributed by atoms with Crippen LogP contribution in [0.2, 0.25) is 0 Å². The van der Waals surface area contributed by atoms with Gasteiger partial charge in [0, 0.05) is 12.5 Å². The van der Waals surface area contributed by atoms with Crippen LogP contribution in [0.3, 0.4) is 0 Å². The average Bonchev–Trinajstić information content (AvgIpc) is 2.25. The second kappa shape index (κ2) is 4.85. The maximum atomic E-state index is 11.9. The van der Waals surface area contributed by atoms with Gasteiger partial charge in [-0.05, 0) is 40.5 Å². The number of ketones is 1. The van der Waals surface area contributed by atoms with E-state index in [0.717, 1.165) is 12.8 Å². The molecule has 0 saturated carbocycles. The molecule has 1 heterocycles. The van der Waals surface area contributed by atoms with Crippen LogP contribution in [0.15, 0.2) is 0 Å². The zero-order valence-corrected chi connectivity index (χ0v) is 10.6. The molecule has 0 aromatic rings. The van der Waals surface area contributed by atoms with E-state index >= 15 is 0 Å². The first-order valence-electron chi connectivity index (χ1n) is 5.81. The van der Waals surface area contributed by atoms with Crippen LogP contribution in [0.1, 0.15) is 47.0 Å². The molecule has 16 heavy (non-hydrogen) atoms. The number of nitrogens with zero attached hydrogens (tertiary/aromatic N) is 1. The number of hydrogen-bond acceptors (Lipinski definition) is 3. The molecule has 0 bridgehead atoms. The second-order valence-electron chi connectivity index (χ2n) is 5.39. The molecule has 1 atom stereocenters. The van der Waals surface area contributed by atoms with Gasteiger partial charge in [0.05, 0.1) is 6.54 Å².